The summed E-state index contributed by atoms with van der Waals surface area (Å²) in [5.74, 6) is -0.384. The van der Waals surface area contributed by atoms with Gasteiger partial charge in [-0.1, -0.05) is 12.1 Å². The van der Waals surface area contributed by atoms with Crippen molar-refractivity contribution >= 4 is 26.6 Å². The Hall–Kier alpha value is -3.70. The van der Waals surface area contributed by atoms with Gasteiger partial charge in [-0.15, -0.1) is 0 Å². The van der Waals surface area contributed by atoms with Crippen molar-refractivity contribution in [1.29, 1.82) is 5.26 Å². The smallest absolute Gasteiger partial charge is 0.261 e. The summed E-state index contributed by atoms with van der Waals surface area (Å²) in [6.07, 6.45) is 0. The number of nitrogens with zero attached hydrogens (tertiary/aromatic N) is 2. The number of nitriles is 1. The Morgan fingerprint density at radius 2 is 1.82 bits per heavy atom. The van der Waals surface area contributed by atoms with Crippen molar-refractivity contribution in [3.8, 4) is 17.3 Å². The molecular formula is C20H13FN4O2S. The zero-order valence-corrected chi connectivity index (χ0v) is 15.2. The minimum atomic E-state index is -3.84. The molecule has 0 radical (unpaired) electrons. The third kappa shape index (κ3) is 3.31. The minimum absolute atomic E-state index is 0.0626. The lowest BCUT2D eigenvalue weighted by Crippen LogP contribution is -2.12. The summed E-state index contributed by atoms with van der Waals surface area (Å²) in [5, 5.41) is 16.5. The first-order valence-electron chi connectivity index (χ1n) is 8.23. The molecule has 3 aromatic carbocycles. The second-order valence-corrected chi connectivity index (χ2v) is 7.77. The van der Waals surface area contributed by atoms with E-state index < -0.39 is 10.0 Å². The highest BCUT2D eigenvalue weighted by Gasteiger charge is 2.17. The summed E-state index contributed by atoms with van der Waals surface area (Å²) < 4.78 is 41.3. The molecule has 0 aliphatic heterocycles. The molecule has 0 bridgehead atoms. The first-order valence-corrected chi connectivity index (χ1v) is 9.72. The van der Waals surface area contributed by atoms with Gasteiger partial charge in [0.25, 0.3) is 10.0 Å². The zero-order valence-electron chi connectivity index (χ0n) is 14.3. The van der Waals surface area contributed by atoms with Crippen LogP contribution in [0, 0.1) is 17.1 Å². The van der Waals surface area contributed by atoms with Gasteiger partial charge in [0.1, 0.15) is 5.82 Å². The van der Waals surface area contributed by atoms with Crippen molar-refractivity contribution in [1.82, 2.24) is 10.2 Å². The molecule has 8 heteroatoms. The van der Waals surface area contributed by atoms with E-state index in [2.05, 4.69) is 14.9 Å². The van der Waals surface area contributed by atoms with Gasteiger partial charge < -0.3 is 0 Å². The third-order valence-electron chi connectivity index (χ3n) is 4.21. The highest BCUT2D eigenvalue weighted by atomic mass is 32.2. The lowest BCUT2D eigenvalue weighted by atomic mass is 10.1. The fourth-order valence-corrected chi connectivity index (χ4v) is 3.95. The normalized spacial score (nSPS) is 11.3. The zero-order chi connectivity index (χ0) is 19.7. The van der Waals surface area contributed by atoms with E-state index in [4.69, 9.17) is 5.26 Å². The van der Waals surface area contributed by atoms with Gasteiger partial charge in [-0.2, -0.15) is 10.4 Å². The van der Waals surface area contributed by atoms with Crippen LogP contribution in [0.3, 0.4) is 0 Å². The molecule has 0 saturated heterocycles. The summed E-state index contributed by atoms with van der Waals surface area (Å²) in [4.78, 5) is 0.0626. The van der Waals surface area contributed by atoms with Crippen LogP contribution in [0.15, 0.2) is 71.6 Å². The molecule has 0 atom stereocenters. The fraction of sp³-hybridized carbons (Fsp3) is 0. The van der Waals surface area contributed by atoms with E-state index in [1.165, 1.54) is 48.5 Å². The van der Waals surface area contributed by atoms with Crippen LogP contribution in [0.4, 0.5) is 10.1 Å². The van der Waals surface area contributed by atoms with Crippen LogP contribution in [0.2, 0.25) is 0 Å². The molecule has 1 heterocycles. The lowest BCUT2D eigenvalue weighted by Gasteiger charge is -2.09. The van der Waals surface area contributed by atoms with Crippen LogP contribution in [0.1, 0.15) is 5.56 Å². The number of H-pyrrole nitrogens is 1. The second-order valence-electron chi connectivity index (χ2n) is 6.08. The Labute approximate surface area is 160 Å². The first kappa shape index (κ1) is 17.7. The SMILES string of the molecule is N#Cc1ccc(NS(=O)(=O)c2cccc(-c3n[nH]c4cc(F)ccc34)c2)cc1. The van der Waals surface area contributed by atoms with E-state index in [0.29, 0.717) is 33.4 Å². The number of hydrogen-bond donors (Lipinski definition) is 2. The van der Waals surface area contributed by atoms with Gasteiger partial charge in [-0.05, 0) is 54.6 Å². The number of aromatic amines is 1. The highest BCUT2D eigenvalue weighted by Crippen LogP contribution is 2.28. The molecule has 28 heavy (non-hydrogen) atoms. The molecule has 0 spiro atoms. The molecule has 0 saturated carbocycles. The van der Waals surface area contributed by atoms with Crippen LogP contribution in [-0.4, -0.2) is 18.6 Å². The molecule has 0 unspecified atom stereocenters. The van der Waals surface area contributed by atoms with Gasteiger partial charge >= 0.3 is 0 Å². The molecule has 2 N–H and O–H groups in total. The summed E-state index contributed by atoms with van der Waals surface area (Å²) in [6, 6.07) is 18.7. The number of sulfonamides is 1. The lowest BCUT2D eigenvalue weighted by molar-refractivity contribution is 0.601. The molecule has 6 nitrogen and oxygen atoms in total. The quantitative estimate of drug-likeness (QED) is 0.547. The van der Waals surface area contributed by atoms with E-state index in [-0.39, 0.29) is 10.7 Å². The van der Waals surface area contributed by atoms with Crippen molar-refractivity contribution in [3.63, 3.8) is 0 Å². The molecule has 0 fully saturated rings. The van der Waals surface area contributed by atoms with Crippen molar-refractivity contribution < 1.29 is 12.8 Å². The van der Waals surface area contributed by atoms with Crippen LogP contribution < -0.4 is 4.72 Å². The number of anilines is 1. The molecule has 1 aromatic heterocycles. The summed E-state index contributed by atoms with van der Waals surface area (Å²) in [6.45, 7) is 0. The van der Waals surface area contributed by atoms with E-state index in [1.54, 1.807) is 18.2 Å². The maximum atomic E-state index is 13.4. The summed E-state index contributed by atoms with van der Waals surface area (Å²) in [5.41, 5.74) is 2.43. The van der Waals surface area contributed by atoms with Gasteiger partial charge in [0.05, 0.1) is 27.7 Å². The molecule has 4 aromatic rings. The number of rotatable bonds is 4. The first-order chi connectivity index (χ1) is 13.5. The molecule has 0 aliphatic carbocycles. The van der Waals surface area contributed by atoms with Gasteiger partial charge in [-0.25, -0.2) is 12.8 Å². The standard InChI is InChI=1S/C20H13FN4O2S/c21-15-6-9-18-19(11-15)23-24-20(18)14-2-1-3-17(10-14)28(26,27)25-16-7-4-13(12-22)5-8-16/h1-11,25H,(H,23,24). The number of aromatic nitrogens is 2. The average Bonchev–Trinajstić information content (AvgIpc) is 3.11. The van der Waals surface area contributed by atoms with E-state index >= 15 is 0 Å². The van der Waals surface area contributed by atoms with Crippen LogP contribution in [-0.2, 0) is 10.0 Å². The van der Waals surface area contributed by atoms with Crippen LogP contribution in [0.25, 0.3) is 22.2 Å². The molecule has 4 rings (SSSR count). The Kier molecular flexibility index (Phi) is 4.29. The predicted molar refractivity (Wildman–Crippen MR) is 103 cm³/mol. The van der Waals surface area contributed by atoms with Crippen molar-refractivity contribution in [2.75, 3.05) is 4.72 Å². The maximum absolute atomic E-state index is 13.4. The fourth-order valence-electron chi connectivity index (χ4n) is 2.85. The topological polar surface area (TPSA) is 98.6 Å². The Balaban J connectivity index is 1.70. The molecule has 138 valence electrons. The van der Waals surface area contributed by atoms with E-state index in [1.807, 2.05) is 6.07 Å². The van der Waals surface area contributed by atoms with Crippen LogP contribution in [0.5, 0.6) is 0 Å². The number of fused-ring (bicyclic) bond motifs is 1. The van der Waals surface area contributed by atoms with Crippen molar-refractivity contribution in [2.24, 2.45) is 0 Å². The van der Waals surface area contributed by atoms with Gasteiger partial charge in [0.15, 0.2) is 0 Å². The number of benzene rings is 3. The summed E-state index contributed by atoms with van der Waals surface area (Å²) >= 11 is 0. The number of halogens is 1. The summed E-state index contributed by atoms with van der Waals surface area (Å²) in [7, 11) is -3.84. The third-order valence-corrected chi connectivity index (χ3v) is 5.59. The highest BCUT2D eigenvalue weighted by molar-refractivity contribution is 7.92. The molecular weight excluding hydrogens is 379 g/mol. The Morgan fingerprint density at radius 3 is 2.57 bits per heavy atom. The van der Waals surface area contributed by atoms with E-state index in [9.17, 15) is 12.8 Å². The van der Waals surface area contributed by atoms with Gasteiger partial charge in [0, 0.05) is 16.6 Å². The maximum Gasteiger partial charge on any atom is 0.261 e. The molecule has 0 amide bonds. The molecule has 0 aliphatic rings. The van der Waals surface area contributed by atoms with Crippen molar-refractivity contribution in [3.05, 3.63) is 78.1 Å². The minimum Gasteiger partial charge on any atom is -0.280 e. The van der Waals surface area contributed by atoms with E-state index in [0.717, 1.165) is 0 Å². The number of nitrogens with one attached hydrogen (secondary N) is 2. The van der Waals surface area contributed by atoms with Crippen LogP contribution >= 0.6 is 0 Å². The predicted octanol–water partition coefficient (Wildman–Crippen LogP) is 4.04. The number of hydrogen-bond acceptors (Lipinski definition) is 4. The average molecular weight is 392 g/mol. The largest absolute Gasteiger partial charge is 0.280 e. The van der Waals surface area contributed by atoms with Crippen molar-refractivity contribution in [2.45, 2.75) is 4.90 Å². The van der Waals surface area contributed by atoms with Gasteiger partial charge in [0.2, 0.25) is 0 Å². The Morgan fingerprint density at radius 1 is 1.04 bits per heavy atom. The second kappa shape index (κ2) is 6.79. The van der Waals surface area contributed by atoms with Gasteiger partial charge in [-0.3, -0.25) is 9.82 Å². The monoisotopic (exact) mass is 392 g/mol. The Bertz CT molecular complexity index is 1320.